The standard InChI is InChI=1S/C15H25NO4S/c1-13(2)20-12-4-3-10-16-21(18,19)15-7-5-14(6-8-15)9-11-17/h5-8,13,16-17H,3-4,9-12H2,1-2H3. The molecule has 0 spiro atoms. The maximum absolute atomic E-state index is 12.1. The summed E-state index contributed by atoms with van der Waals surface area (Å²) in [4.78, 5) is 0.252. The minimum atomic E-state index is -3.45. The zero-order valence-corrected chi connectivity index (χ0v) is 13.5. The average Bonchev–Trinajstić information content (AvgIpc) is 2.43. The van der Waals surface area contributed by atoms with Crippen molar-refractivity contribution in [2.45, 2.75) is 44.1 Å². The van der Waals surface area contributed by atoms with Gasteiger partial charge in [-0.1, -0.05) is 12.1 Å². The van der Waals surface area contributed by atoms with Gasteiger partial charge in [-0.2, -0.15) is 0 Å². The highest BCUT2D eigenvalue weighted by atomic mass is 32.2. The van der Waals surface area contributed by atoms with Crippen molar-refractivity contribution in [2.75, 3.05) is 19.8 Å². The number of aliphatic hydroxyl groups excluding tert-OH is 1. The van der Waals surface area contributed by atoms with Crippen molar-refractivity contribution < 1.29 is 18.3 Å². The fraction of sp³-hybridized carbons (Fsp3) is 0.600. The lowest BCUT2D eigenvalue weighted by molar-refractivity contribution is 0.0762. The second-order valence-electron chi connectivity index (χ2n) is 5.14. The molecule has 0 atom stereocenters. The number of sulfonamides is 1. The summed E-state index contributed by atoms with van der Waals surface area (Å²) < 4.78 is 32.1. The van der Waals surface area contributed by atoms with Gasteiger partial charge in [0.05, 0.1) is 11.0 Å². The van der Waals surface area contributed by atoms with Gasteiger partial charge in [-0.05, 0) is 50.8 Å². The molecule has 1 rings (SSSR count). The highest BCUT2D eigenvalue weighted by Gasteiger charge is 2.12. The Hall–Kier alpha value is -0.950. The molecule has 120 valence electrons. The van der Waals surface area contributed by atoms with Crippen LogP contribution in [0.1, 0.15) is 32.3 Å². The topological polar surface area (TPSA) is 75.6 Å². The summed E-state index contributed by atoms with van der Waals surface area (Å²) in [6.45, 7) is 5.06. The molecule has 1 aromatic rings. The van der Waals surface area contributed by atoms with E-state index in [0.717, 1.165) is 18.4 Å². The Morgan fingerprint density at radius 3 is 2.43 bits per heavy atom. The van der Waals surface area contributed by atoms with Crippen LogP contribution >= 0.6 is 0 Å². The Bertz CT molecular complexity index is 497. The molecule has 6 heteroatoms. The van der Waals surface area contributed by atoms with E-state index < -0.39 is 10.0 Å². The predicted octanol–water partition coefficient (Wildman–Crippen LogP) is 1.70. The van der Waals surface area contributed by atoms with Crippen molar-refractivity contribution in [1.82, 2.24) is 4.72 Å². The van der Waals surface area contributed by atoms with Crippen LogP contribution in [0.4, 0.5) is 0 Å². The summed E-state index contributed by atoms with van der Waals surface area (Å²) in [5.74, 6) is 0. The van der Waals surface area contributed by atoms with E-state index in [1.165, 1.54) is 0 Å². The van der Waals surface area contributed by atoms with Gasteiger partial charge in [0.25, 0.3) is 0 Å². The lowest BCUT2D eigenvalue weighted by atomic mass is 10.2. The first-order valence-corrected chi connectivity index (χ1v) is 8.75. The zero-order valence-electron chi connectivity index (χ0n) is 12.7. The molecule has 0 heterocycles. The second-order valence-corrected chi connectivity index (χ2v) is 6.91. The summed E-state index contributed by atoms with van der Waals surface area (Å²) in [5.41, 5.74) is 0.919. The number of nitrogens with one attached hydrogen (secondary N) is 1. The van der Waals surface area contributed by atoms with Crippen LogP contribution in [0, 0.1) is 0 Å². The third-order valence-electron chi connectivity index (χ3n) is 2.95. The molecule has 0 bridgehead atoms. The van der Waals surface area contributed by atoms with Gasteiger partial charge in [0.1, 0.15) is 0 Å². The van der Waals surface area contributed by atoms with Crippen LogP contribution in [0.15, 0.2) is 29.2 Å². The summed E-state index contributed by atoms with van der Waals surface area (Å²) in [6, 6.07) is 6.58. The molecule has 5 nitrogen and oxygen atoms in total. The molecular weight excluding hydrogens is 290 g/mol. The molecule has 0 saturated heterocycles. The quantitative estimate of drug-likeness (QED) is 0.645. The van der Waals surface area contributed by atoms with E-state index in [1.54, 1.807) is 24.3 Å². The smallest absolute Gasteiger partial charge is 0.240 e. The molecular formula is C15H25NO4S. The molecule has 0 aliphatic rings. The number of ether oxygens (including phenoxy) is 1. The number of unbranched alkanes of at least 4 members (excludes halogenated alkanes) is 1. The largest absolute Gasteiger partial charge is 0.396 e. The van der Waals surface area contributed by atoms with E-state index >= 15 is 0 Å². The van der Waals surface area contributed by atoms with E-state index in [1.807, 2.05) is 13.8 Å². The molecule has 0 fully saturated rings. The van der Waals surface area contributed by atoms with Crippen LogP contribution in [0.5, 0.6) is 0 Å². The molecule has 0 aliphatic carbocycles. The Kier molecular flexibility index (Phi) is 7.88. The molecule has 21 heavy (non-hydrogen) atoms. The highest BCUT2D eigenvalue weighted by molar-refractivity contribution is 7.89. The average molecular weight is 315 g/mol. The molecule has 0 radical (unpaired) electrons. The monoisotopic (exact) mass is 315 g/mol. The van der Waals surface area contributed by atoms with Crippen LogP contribution in [-0.4, -0.2) is 39.4 Å². The zero-order chi connectivity index (χ0) is 15.7. The van der Waals surface area contributed by atoms with E-state index in [2.05, 4.69) is 4.72 Å². The predicted molar refractivity (Wildman–Crippen MR) is 82.7 cm³/mol. The minimum Gasteiger partial charge on any atom is -0.396 e. The van der Waals surface area contributed by atoms with Crippen molar-refractivity contribution in [3.05, 3.63) is 29.8 Å². The molecule has 0 saturated carbocycles. The van der Waals surface area contributed by atoms with Crippen LogP contribution in [0.25, 0.3) is 0 Å². The number of hydrogen-bond acceptors (Lipinski definition) is 4. The first-order chi connectivity index (χ1) is 9.95. The van der Waals surface area contributed by atoms with Crippen molar-refractivity contribution >= 4 is 10.0 Å². The van der Waals surface area contributed by atoms with Crippen molar-refractivity contribution in [3.8, 4) is 0 Å². The van der Waals surface area contributed by atoms with Crippen LogP contribution < -0.4 is 4.72 Å². The van der Waals surface area contributed by atoms with Gasteiger partial charge in [-0.3, -0.25) is 0 Å². The Morgan fingerprint density at radius 2 is 1.86 bits per heavy atom. The first-order valence-electron chi connectivity index (χ1n) is 7.27. The lowest BCUT2D eigenvalue weighted by Gasteiger charge is -2.09. The summed E-state index contributed by atoms with van der Waals surface area (Å²) >= 11 is 0. The second kappa shape index (κ2) is 9.15. The molecule has 0 aliphatic heterocycles. The fourth-order valence-corrected chi connectivity index (χ4v) is 2.87. The first kappa shape index (κ1) is 18.1. The third kappa shape index (κ3) is 7.04. The number of aliphatic hydroxyl groups is 1. The van der Waals surface area contributed by atoms with E-state index in [9.17, 15) is 8.42 Å². The highest BCUT2D eigenvalue weighted by Crippen LogP contribution is 2.11. The van der Waals surface area contributed by atoms with E-state index in [4.69, 9.17) is 9.84 Å². The molecule has 0 unspecified atom stereocenters. The Balaban J connectivity index is 2.39. The van der Waals surface area contributed by atoms with E-state index in [0.29, 0.717) is 19.6 Å². The molecule has 0 aromatic heterocycles. The van der Waals surface area contributed by atoms with Crippen LogP contribution in [0.3, 0.4) is 0 Å². The van der Waals surface area contributed by atoms with Gasteiger partial charge in [0.2, 0.25) is 10.0 Å². The van der Waals surface area contributed by atoms with Gasteiger partial charge >= 0.3 is 0 Å². The fourth-order valence-electron chi connectivity index (χ4n) is 1.80. The van der Waals surface area contributed by atoms with Crippen LogP contribution in [-0.2, 0) is 21.2 Å². The van der Waals surface area contributed by atoms with Gasteiger partial charge in [0, 0.05) is 19.8 Å². The normalized spacial score (nSPS) is 12.0. The lowest BCUT2D eigenvalue weighted by Crippen LogP contribution is -2.25. The van der Waals surface area contributed by atoms with E-state index in [-0.39, 0.29) is 17.6 Å². The summed E-state index contributed by atoms with van der Waals surface area (Å²) in [7, 11) is -3.45. The van der Waals surface area contributed by atoms with Crippen molar-refractivity contribution in [3.63, 3.8) is 0 Å². The van der Waals surface area contributed by atoms with Crippen molar-refractivity contribution in [2.24, 2.45) is 0 Å². The van der Waals surface area contributed by atoms with Gasteiger partial charge < -0.3 is 9.84 Å². The third-order valence-corrected chi connectivity index (χ3v) is 4.43. The SMILES string of the molecule is CC(C)OCCCCNS(=O)(=O)c1ccc(CCO)cc1. The summed E-state index contributed by atoms with van der Waals surface area (Å²) in [6.07, 6.45) is 2.31. The number of benzene rings is 1. The molecule has 2 N–H and O–H groups in total. The maximum atomic E-state index is 12.1. The Labute approximate surface area is 127 Å². The van der Waals surface area contributed by atoms with Gasteiger partial charge in [-0.15, -0.1) is 0 Å². The summed E-state index contributed by atoms with van der Waals surface area (Å²) in [5, 5.41) is 8.83. The van der Waals surface area contributed by atoms with Crippen molar-refractivity contribution in [1.29, 1.82) is 0 Å². The molecule has 0 amide bonds. The van der Waals surface area contributed by atoms with Gasteiger partial charge in [-0.25, -0.2) is 13.1 Å². The number of rotatable bonds is 10. The number of hydrogen-bond donors (Lipinski definition) is 2. The maximum Gasteiger partial charge on any atom is 0.240 e. The van der Waals surface area contributed by atoms with Crippen LogP contribution in [0.2, 0.25) is 0 Å². The minimum absolute atomic E-state index is 0.0583. The molecule has 1 aromatic carbocycles. The van der Waals surface area contributed by atoms with Gasteiger partial charge in [0.15, 0.2) is 0 Å². The Morgan fingerprint density at radius 1 is 1.19 bits per heavy atom.